The molecule has 0 radical (unpaired) electrons. The predicted molar refractivity (Wildman–Crippen MR) is 109 cm³/mol. The molecule has 3 aliphatic rings. The van der Waals surface area contributed by atoms with Gasteiger partial charge in [-0.2, -0.15) is 0 Å². The van der Waals surface area contributed by atoms with Gasteiger partial charge in [0.25, 0.3) is 5.91 Å². The number of amides is 1. The van der Waals surface area contributed by atoms with Crippen molar-refractivity contribution in [2.75, 3.05) is 19.9 Å². The molecule has 0 aliphatic carbocycles. The van der Waals surface area contributed by atoms with E-state index in [4.69, 9.17) is 9.47 Å². The summed E-state index contributed by atoms with van der Waals surface area (Å²) in [5.74, 6) is 1.69. The fourth-order valence-electron chi connectivity index (χ4n) is 4.87. The van der Waals surface area contributed by atoms with Gasteiger partial charge >= 0.3 is 0 Å². The van der Waals surface area contributed by atoms with Crippen LogP contribution in [0.3, 0.4) is 0 Å². The molecular weight excluding hydrogens is 380 g/mol. The number of hydrogen-bond acceptors (Lipinski definition) is 5. The topological polar surface area (TPSA) is 59.8 Å². The van der Waals surface area contributed by atoms with Crippen LogP contribution in [0.25, 0.3) is 0 Å². The molecule has 0 unspecified atom stereocenters. The van der Waals surface area contributed by atoms with E-state index in [1.165, 1.54) is 5.56 Å². The zero-order chi connectivity index (χ0) is 20.1. The van der Waals surface area contributed by atoms with E-state index in [0.29, 0.717) is 6.54 Å². The van der Waals surface area contributed by atoms with Crippen LogP contribution >= 0.6 is 0 Å². The number of hydrogen-bond donors (Lipinski definition) is 0. The van der Waals surface area contributed by atoms with E-state index >= 15 is 0 Å². The molecule has 2 atom stereocenters. The monoisotopic (exact) mass is 402 g/mol. The molecule has 6 rings (SSSR count). The minimum absolute atomic E-state index is 0.0804. The Bertz CT molecular complexity index is 1100. The third-order valence-corrected chi connectivity index (χ3v) is 6.25. The molecule has 0 N–H and O–H groups in total. The molecule has 0 saturated carbocycles. The Kier molecular flexibility index (Phi) is 4.02. The first-order valence-electron chi connectivity index (χ1n) is 10.2. The van der Waals surface area contributed by atoms with Gasteiger partial charge in [0.2, 0.25) is 6.79 Å². The number of pyridine rings is 1. The maximum Gasteiger partial charge on any atom is 0.271 e. The van der Waals surface area contributed by atoms with Gasteiger partial charge in [-0.1, -0.05) is 12.1 Å². The Labute approximate surface area is 174 Å². The van der Waals surface area contributed by atoms with Crippen LogP contribution in [0.4, 0.5) is 0 Å². The second kappa shape index (κ2) is 6.88. The molecule has 152 valence electrons. The van der Waals surface area contributed by atoms with Gasteiger partial charge < -0.3 is 18.9 Å². The van der Waals surface area contributed by atoms with Crippen molar-refractivity contribution >= 4 is 5.91 Å². The third-order valence-electron chi connectivity index (χ3n) is 6.25. The van der Waals surface area contributed by atoms with Crippen molar-refractivity contribution in [3.8, 4) is 11.5 Å². The summed E-state index contributed by atoms with van der Waals surface area (Å²) in [4.78, 5) is 22.1. The summed E-state index contributed by atoms with van der Waals surface area (Å²) in [7, 11) is 0. The lowest BCUT2D eigenvalue weighted by atomic mass is 10.1. The van der Waals surface area contributed by atoms with Crippen LogP contribution in [0.1, 0.15) is 27.8 Å². The van der Waals surface area contributed by atoms with E-state index in [1.54, 1.807) is 6.20 Å². The maximum absolute atomic E-state index is 13.2. The Morgan fingerprint density at radius 2 is 1.87 bits per heavy atom. The zero-order valence-corrected chi connectivity index (χ0v) is 16.5. The van der Waals surface area contributed by atoms with Gasteiger partial charge in [-0.25, -0.2) is 0 Å². The molecule has 5 heterocycles. The van der Waals surface area contributed by atoms with Gasteiger partial charge in [0.1, 0.15) is 5.69 Å². The van der Waals surface area contributed by atoms with Crippen LogP contribution in [-0.4, -0.2) is 51.2 Å². The quantitative estimate of drug-likeness (QED) is 0.672. The van der Waals surface area contributed by atoms with Crippen molar-refractivity contribution in [3.05, 3.63) is 77.9 Å². The first-order valence-corrected chi connectivity index (χ1v) is 10.2. The molecule has 7 heteroatoms. The lowest BCUT2D eigenvalue weighted by molar-refractivity contribution is 0.0553. The van der Waals surface area contributed by atoms with E-state index in [9.17, 15) is 4.79 Å². The summed E-state index contributed by atoms with van der Waals surface area (Å²) in [5.41, 5.74) is 2.86. The van der Waals surface area contributed by atoms with Crippen molar-refractivity contribution in [2.24, 2.45) is 0 Å². The van der Waals surface area contributed by atoms with Gasteiger partial charge in [-0.3, -0.25) is 14.7 Å². The summed E-state index contributed by atoms with van der Waals surface area (Å²) in [6, 6.07) is 16.2. The minimum Gasteiger partial charge on any atom is -0.454 e. The highest BCUT2D eigenvalue weighted by atomic mass is 16.7. The summed E-state index contributed by atoms with van der Waals surface area (Å²) in [6.45, 7) is 3.35. The second-order valence-electron chi connectivity index (χ2n) is 8.07. The second-order valence-corrected chi connectivity index (χ2v) is 8.07. The third kappa shape index (κ3) is 2.85. The summed E-state index contributed by atoms with van der Waals surface area (Å²) in [6.07, 6.45) is 3.82. The van der Waals surface area contributed by atoms with E-state index in [-0.39, 0.29) is 24.8 Å². The highest BCUT2D eigenvalue weighted by Crippen LogP contribution is 2.37. The van der Waals surface area contributed by atoms with Gasteiger partial charge in [0, 0.05) is 32.0 Å². The van der Waals surface area contributed by atoms with Crippen LogP contribution in [0.2, 0.25) is 0 Å². The highest BCUT2D eigenvalue weighted by Gasteiger charge is 2.44. The van der Waals surface area contributed by atoms with Crippen LogP contribution in [0.5, 0.6) is 11.5 Å². The van der Waals surface area contributed by atoms with Crippen molar-refractivity contribution in [1.82, 2.24) is 19.4 Å². The first kappa shape index (κ1) is 17.5. The lowest BCUT2D eigenvalue weighted by Crippen LogP contribution is -2.49. The van der Waals surface area contributed by atoms with Crippen molar-refractivity contribution in [1.29, 1.82) is 0 Å². The van der Waals surface area contributed by atoms with Crippen molar-refractivity contribution in [2.45, 2.75) is 25.2 Å². The van der Waals surface area contributed by atoms with E-state index in [0.717, 1.165) is 42.5 Å². The molecule has 1 saturated heterocycles. The number of benzene rings is 1. The Balaban J connectivity index is 1.27. The predicted octanol–water partition coefficient (Wildman–Crippen LogP) is 2.69. The zero-order valence-electron chi connectivity index (χ0n) is 16.5. The van der Waals surface area contributed by atoms with Gasteiger partial charge in [0.15, 0.2) is 11.5 Å². The van der Waals surface area contributed by atoms with Gasteiger partial charge in [-0.05, 0) is 42.0 Å². The Hall–Kier alpha value is -3.32. The fraction of sp³-hybridized carbons (Fsp3) is 0.304. The average Bonchev–Trinajstić information content (AvgIpc) is 3.50. The normalized spacial score (nSPS) is 22.3. The number of nitrogens with zero attached hydrogens (tertiary/aromatic N) is 4. The molecule has 7 nitrogen and oxygen atoms in total. The first-order chi connectivity index (χ1) is 14.8. The standard InChI is InChI=1S/C23H22N4O3/c28-23-18-5-3-9-26(18)19-13-25(11-16-6-7-21-22(10-16)30-15-29-21)14-20(19)27(23)12-17-4-1-2-8-24-17/h1-10,19-20H,11-15H2/t19-,20-/m1/s1. The molecular formula is C23H22N4O3. The van der Waals surface area contributed by atoms with Crippen molar-refractivity contribution in [3.63, 3.8) is 0 Å². The minimum atomic E-state index is 0.0804. The van der Waals surface area contributed by atoms with Crippen LogP contribution in [-0.2, 0) is 13.1 Å². The number of carbonyl (C=O) groups excluding carboxylic acids is 1. The average molecular weight is 402 g/mol. The SMILES string of the molecule is O=C1c2cccn2[C@@H]2CN(Cc3ccc4c(c3)OCO4)C[C@H]2N1Cc1ccccn1. The van der Waals surface area contributed by atoms with Crippen molar-refractivity contribution < 1.29 is 14.3 Å². The number of rotatable bonds is 4. The number of carbonyl (C=O) groups is 1. The summed E-state index contributed by atoms with van der Waals surface area (Å²) < 4.78 is 13.1. The summed E-state index contributed by atoms with van der Waals surface area (Å²) in [5, 5.41) is 0. The molecule has 1 aromatic carbocycles. The Morgan fingerprint density at radius 1 is 0.967 bits per heavy atom. The van der Waals surface area contributed by atoms with E-state index in [1.807, 2.05) is 47.5 Å². The van der Waals surface area contributed by atoms with Crippen LogP contribution in [0.15, 0.2) is 60.9 Å². The Morgan fingerprint density at radius 3 is 2.77 bits per heavy atom. The largest absolute Gasteiger partial charge is 0.454 e. The number of ether oxygens (including phenoxy) is 2. The van der Waals surface area contributed by atoms with Crippen LogP contribution < -0.4 is 9.47 Å². The van der Waals surface area contributed by atoms with Gasteiger partial charge in [0.05, 0.1) is 24.3 Å². The van der Waals surface area contributed by atoms with E-state index < -0.39 is 0 Å². The number of aromatic nitrogens is 2. The lowest BCUT2D eigenvalue weighted by Gasteiger charge is -2.38. The van der Waals surface area contributed by atoms with Gasteiger partial charge in [-0.15, -0.1) is 0 Å². The maximum atomic E-state index is 13.2. The summed E-state index contributed by atoms with van der Waals surface area (Å²) >= 11 is 0. The molecule has 2 aromatic heterocycles. The molecule has 0 bridgehead atoms. The van der Waals surface area contributed by atoms with E-state index in [2.05, 4.69) is 26.6 Å². The number of likely N-dealkylation sites (tertiary alicyclic amines) is 1. The molecule has 1 amide bonds. The molecule has 0 spiro atoms. The fourth-order valence-corrected chi connectivity index (χ4v) is 4.87. The van der Waals surface area contributed by atoms with Crippen LogP contribution in [0, 0.1) is 0 Å². The molecule has 3 aromatic rings. The molecule has 30 heavy (non-hydrogen) atoms. The molecule has 3 aliphatic heterocycles. The smallest absolute Gasteiger partial charge is 0.271 e. The number of fused-ring (bicyclic) bond motifs is 4. The highest BCUT2D eigenvalue weighted by molar-refractivity contribution is 5.94. The molecule has 1 fully saturated rings.